The lowest BCUT2D eigenvalue weighted by Gasteiger charge is -2.11. The van der Waals surface area contributed by atoms with Gasteiger partial charge in [0.25, 0.3) is 0 Å². The zero-order valence-electron chi connectivity index (χ0n) is 12.9. The quantitative estimate of drug-likeness (QED) is 0.806. The van der Waals surface area contributed by atoms with Crippen LogP contribution < -0.4 is 5.32 Å². The standard InChI is InChI=1S/C17H25ClN2/c1-5-13(4)10-20-11-14(9-19-12(2)3)16-7-6-15(18)8-17(16)20/h6-8,11-13,19H,5,9-10H2,1-4H3. The normalized spacial score (nSPS) is 13.3. The summed E-state index contributed by atoms with van der Waals surface area (Å²) >= 11 is 6.17. The van der Waals surface area contributed by atoms with Crippen molar-refractivity contribution >= 4 is 22.5 Å². The van der Waals surface area contributed by atoms with E-state index in [2.05, 4.69) is 55.9 Å². The molecule has 0 spiro atoms. The molecule has 0 saturated heterocycles. The Morgan fingerprint density at radius 1 is 1.25 bits per heavy atom. The van der Waals surface area contributed by atoms with Crippen LogP contribution in [0.5, 0.6) is 0 Å². The van der Waals surface area contributed by atoms with Crippen molar-refractivity contribution in [2.45, 2.75) is 53.2 Å². The Hall–Kier alpha value is -0.990. The molecule has 0 aliphatic heterocycles. The summed E-state index contributed by atoms with van der Waals surface area (Å²) in [7, 11) is 0. The first kappa shape index (κ1) is 15.4. The fourth-order valence-corrected chi connectivity index (χ4v) is 2.58. The van der Waals surface area contributed by atoms with Gasteiger partial charge in [-0.15, -0.1) is 0 Å². The maximum atomic E-state index is 6.17. The van der Waals surface area contributed by atoms with E-state index in [1.807, 2.05) is 6.07 Å². The van der Waals surface area contributed by atoms with Gasteiger partial charge in [0.2, 0.25) is 0 Å². The van der Waals surface area contributed by atoms with E-state index < -0.39 is 0 Å². The molecule has 0 radical (unpaired) electrons. The van der Waals surface area contributed by atoms with Gasteiger partial charge in [-0.1, -0.05) is 51.8 Å². The lowest BCUT2D eigenvalue weighted by molar-refractivity contribution is 0.476. The van der Waals surface area contributed by atoms with Gasteiger partial charge in [0.1, 0.15) is 0 Å². The number of nitrogens with one attached hydrogen (secondary N) is 1. The first-order valence-corrected chi connectivity index (χ1v) is 7.89. The van der Waals surface area contributed by atoms with Crippen molar-refractivity contribution in [3.8, 4) is 0 Å². The van der Waals surface area contributed by atoms with Crippen LogP contribution in [0.15, 0.2) is 24.4 Å². The molecule has 1 aromatic heterocycles. The zero-order chi connectivity index (χ0) is 14.7. The minimum Gasteiger partial charge on any atom is -0.347 e. The van der Waals surface area contributed by atoms with E-state index in [1.165, 1.54) is 22.9 Å². The van der Waals surface area contributed by atoms with Crippen molar-refractivity contribution in [3.05, 3.63) is 35.0 Å². The van der Waals surface area contributed by atoms with Gasteiger partial charge in [-0.25, -0.2) is 0 Å². The van der Waals surface area contributed by atoms with Crippen LogP contribution >= 0.6 is 11.6 Å². The van der Waals surface area contributed by atoms with Crippen LogP contribution in [0.2, 0.25) is 5.02 Å². The fraction of sp³-hybridized carbons (Fsp3) is 0.529. The maximum absolute atomic E-state index is 6.17. The van der Waals surface area contributed by atoms with Crippen LogP contribution in [-0.2, 0) is 13.1 Å². The van der Waals surface area contributed by atoms with Crippen LogP contribution in [0.3, 0.4) is 0 Å². The topological polar surface area (TPSA) is 17.0 Å². The Balaban J connectivity index is 2.37. The van der Waals surface area contributed by atoms with Crippen molar-refractivity contribution in [1.82, 2.24) is 9.88 Å². The summed E-state index contributed by atoms with van der Waals surface area (Å²) < 4.78 is 2.35. The Kier molecular flexibility index (Phi) is 5.11. The molecule has 0 aliphatic carbocycles. The number of fused-ring (bicyclic) bond motifs is 1. The Labute approximate surface area is 127 Å². The summed E-state index contributed by atoms with van der Waals surface area (Å²) in [5.74, 6) is 0.676. The third-order valence-corrected chi connectivity index (χ3v) is 4.07. The van der Waals surface area contributed by atoms with Crippen molar-refractivity contribution in [1.29, 1.82) is 0 Å². The van der Waals surface area contributed by atoms with Gasteiger partial charge < -0.3 is 9.88 Å². The maximum Gasteiger partial charge on any atom is 0.0498 e. The highest BCUT2D eigenvalue weighted by Crippen LogP contribution is 2.26. The molecule has 1 unspecified atom stereocenters. The summed E-state index contributed by atoms with van der Waals surface area (Å²) in [6.45, 7) is 10.8. The van der Waals surface area contributed by atoms with Crippen LogP contribution in [0.1, 0.15) is 39.7 Å². The molecule has 2 nitrogen and oxygen atoms in total. The molecule has 2 aromatic rings. The van der Waals surface area contributed by atoms with Gasteiger partial charge in [-0.2, -0.15) is 0 Å². The molecule has 1 aromatic carbocycles. The van der Waals surface area contributed by atoms with Crippen molar-refractivity contribution in [2.24, 2.45) is 5.92 Å². The van der Waals surface area contributed by atoms with Gasteiger partial charge in [0, 0.05) is 41.3 Å². The zero-order valence-corrected chi connectivity index (χ0v) is 13.7. The number of nitrogens with zero attached hydrogens (tertiary/aromatic N) is 1. The summed E-state index contributed by atoms with van der Waals surface area (Å²) in [4.78, 5) is 0. The Morgan fingerprint density at radius 3 is 2.65 bits per heavy atom. The first-order chi connectivity index (χ1) is 9.51. The molecule has 0 amide bonds. The number of hydrogen-bond donors (Lipinski definition) is 1. The number of halogens is 1. The highest BCUT2D eigenvalue weighted by molar-refractivity contribution is 6.31. The van der Waals surface area contributed by atoms with E-state index in [0.717, 1.165) is 18.1 Å². The number of aromatic nitrogens is 1. The van der Waals surface area contributed by atoms with E-state index in [1.54, 1.807) is 0 Å². The lowest BCUT2D eigenvalue weighted by Crippen LogP contribution is -2.21. The summed E-state index contributed by atoms with van der Waals surface area (Å²) in [5.41, 5.74) is 2.60. The van der Waals surface area contributed by atoms with Crippen LogP contribution in [0.4, 0.5) is 0 Å². The molecule has 20 heavy (non-hydrogen) atoms. The third kappa shape index (κ3) is 3.56. The molecule has 0 fully saturated rings. The summed E-state index contributed by atoms with van der Waals surface area (Å²) in [5, 5.41) is 5.62. The summed E-state index contributed by atoms with van der Waals surface area (Å²) in [6, 6.07) is 6.70. The van der Waals surface area contributed by atoms with Crippen molar-refractivity contribution in [3.63, 3.8) is 0 Å². The van der Waals surface area contributed by atoms with Crippen LogP contribution in [0.25, 0.3) is 10.9 Å². The fourth-order valence-electron chi connectivity index (χ4n) is 2.41. The average molecular weight is 293 g/mol. The number of benzene rings is 1. The molecular formula is C17H25ClN2. The second kappa shape index (κ2) is 6.64. The Bertz CT molecular complexity index is 572. The average Bonchev–Trinajstić information content (AvgIpc) is 2.73. The van der Waals surface area contributed by atoms with Crippen LogP contribution in [0, 0.1) is 5.92 Å². The first-order valence-electron chi connectivity index (χ1n) is 7.52. The molecule has 1 atom stereocenters. The summed E-state index contributed by atoms with van der Waals surface area (Å²) in [6.07, 6.45) is 3.47. The molecule has 0 bridgehead atoms. The largest absolute Gasteiger partial charge is 0.347 e. The van der Waals surface area contributed by atoms with E-state index in [4.69, 9.17) is 11.6 Å². The lowest BCUT2D eigenvalue weighted by atomic mass is 10.1. The van der Waals surface area contributed by atoms with Gasteiger partial charge in [-0.05, 0) is 23.6 Å². The molecular weight excluding hydrogens is 268 g/mol. The van der Waals surface area contributed by atoms with Gasteiger partial charge >= 0.3 is 0 Å². The monoisotopic (exact) mass is 292 g/mol. The van der Waals surface area contributed by atoms with Crippen molar-refractivity contribution in [2.75, 3.05) is 0 Å². The van der Waals surface area contributed by atoms with E-state index in [-0.39, 0.29) is 0 Å². The number of rotatable bonds is 6. The predicted octanol–water partition coefficient (Wildman–Crippen LogP) is 4.84. The third-order valence-electron chi connectivity index (χ3n) is 3.83. The van der Waals surface area contributed by atoms with Gasteiger partial charge in [0.15, 0.2) is 0 Å². The smallest absolute Gasteiger partial charge is 0.0498 e. The number of hydrogen-bond acceptors (Lipinski definition) is 1. The molecule has 110 valence electrons. The van der Waals surface area contributed by atoms with Gasteiger partial charge in [-0.3, -0.25) is 0 Å². The SMILES string of the molecule is CCC(C)Cn1cc(CNC(C)C)c2ccc(Cl)cc21. The second-order valence-corrected chi connectivity index (χ2v) is 6.45. The van der Waals surface area contributed by atoms with E-state index in [0.29, 0.717) is 12.0 Å². The minimum atomic E-state index is 0.496. The molecule has 3 heteroatoms. The molecule has 2 rings (SSSR count). The molecule has 1 N–H and O–H groups in total. The van der Waals surface area contributed by atoms with Crippen LogP contribution in [-0.4, -0.2) is 10.6 Å². The Morgan fingerprint density at radius 2 is 2.00 bits per heavy atom. The highest BCUT2D eigenvalue weighted by atomic mass is 35.5. The van der Waals surface area contributed by atoms with E-state index >= 15 is 0 Å². The minimum absolute atomic E-state index is 0.496. The van der Waals surface area contributed by atoms with E-state index in [9.17, 15) is 0 Å². The second-order valence-electron chi connectivity index (χ2n) is 6.02. The molecule has 0 aliphatic rings. The molecule has 0 saturated carbocycles. The highest BCUT2D eigenvalue weighted by Gasteiger charge is 2.11. The van der Waals surface area contributed by atoms with Crippen molar-refractivity contribution < 1.29 is 0 Å². The molecule has 1 heterocycles. The van der Waals surface area contributed by atoms with Gasteiger partial charge in [0.05, 0.1) is 0 Å². The predicted molar refractivity (Wildman–Crippen MR) is 88.4 cm³/mol.